The lowest BCUT2D eigenvalue weighted by Gasteiger charge is -2.42. The lowest BCUT2D eigenvalue weighted by molar-refractivity contribution is -0.119. The number of hydrogen-bond donors (Lipinski definition) is 1. The number of carbonyl (C=O) groups excluding carboxylic acids is 1. The third-order valence-electron chi connectivity index (χ3n) is 5.47. The van der Waals surface area contributed by atoms with Crippen LogP contribution in [0.2, 0.25) is 0 Å². The van der Waals surface area contributed by atoms with Gasteiger partial charge in [-0.05, 0) is 58.0 Å². The van der Waals surface area contributed by atoms with E-state index in [1.165, 1.54) is 0 Å². The monoisotopic (exact) mass is 405 g/mol. The summed E-state index contributed by atoms with van der Waals surface area (Å²) in [7, 11) is 1.83. The van der Waals surface area contributed by atoms with Gasteiger partial charge in [0.2, 0.25) is 11.9 Å². The Balaban J connectivity index is 1.67. The van der Waals surface area contributed by atoms with E-state index in [9.17, 15) is 4.79 Å². The first-order valence-electron chi connectivity index (χ1n) is 10.2. The maximum absolute atomic E-state index is 12.6. The highest BCUT2D eigenvalue weighted by atomic mass is 16.2. The molecule has 1 aliphatic rings. The number of nitrogens with zero attached hydrogens (tertiary/aromatic N) is 6. The van der Waals surface area contributed by atoms with E-state index in [2.05, 4.69) is 45.2 Å². The maximum atomic E-state index is 12.6. The first-order chi connectivity index (χ1) is 14.4. The minimum atomic E-state index is -0.216. The summed E-state index contributed by atoms with van der Waals surface area (Å²) < 4.78 is 1.90. The van der Waals surface area contributed by atoms with Gasteiger partial charge >= 0.3 is 0 Å². The molecule has 4 rings (SSSR count). The van der Waals surface area contributed by atoms with Crippen molar-refractivity contribution in [2.75, 3.05) is 22.2 Å². The Kier molecular flexibility index (Phi) is 5.15. The Hall–Kier alpha value is -3.42. The molecule has 0 unspecified atom stereocenters. The van der Waals surface area contributed by atoms with Crippen LogP contribution in [-0.2, 0) is 11.3 Å². The largest absolute Gasteiger partial charge is 0.356 e. The summed E-state index contributed by atoms with van der Waals surface area (Å²) in [5.74, 6) is 0.612. The zero-order chi connectivity index (χ0) is 21.4. The van der Waals surface area contributed by atoms with Crippen molar-refractivity contribution in [3.8, 4) is 11.4 Å². The molecule has 0 saturated carbocycles. The van der Waals surface area contributed by atoms with Crippen molar-refractivity contribution in [1.29, 1.82) is 0 Å². The van der Waals surface area contributed by atoms with Crippen molar-refractivity contribution in [3.05, 3.63) is 42.7 Å². The van der Waals surface area contributed by atoms with Gasteiger partial charge in [-0.25, -0.2) is 9.97 Å². The fourth-order valence-electron chi connectivity index (χ4n) is 4.04. The Morgan fingerprint density at radius 2 is 1.93 bits per heavy atom. The molecule has 0 saturated heterocycles. The Morgan fingerprint density at radius 3 is 2.67 bits per heavy atom. The third kappa shape index (κ3) is 3.38. The van der Waals surface area contributed by atoms with Gasteiger partial charge < -0.3 is 15.1 Å². The number of aryl methyl sites for hydroxylation is 1. The predicted molar refractivity (Wildman–Crippen MR) is 119 cm³/mol. The van der Waals surface area contributed by atoms with Crippen LogP contribution in [0.3, 0.4) is 0 Å². The fourth-order valence-corrected chi connectivity index (χ4v) is 4.04. The average Bonchev–Trinajstić information content (AvgIpc) is 3.21. The smallest absolute Gasteiger partial charge is 0.249 e. The van der Waals surface area contributed by atoms with E-state index in [0.717, 1.165) is 35.0 Å². The van der Waals surface area contributed by atoms with Gasteiger partial charge in [-0.1, -0.05) is 0 Å². The van der Waals surface area contributed by atoms with E-state index in [-0.39, 0.29) is 18.0 Å². The topological polar surface area (TPSA) is 79.2 Å². The van der Waals surface area contributed by atoms with Gasteiger partial charge in [-0.3, -0.25) is 9.48 Å². The molecular weight excluding hydrogens is 378 g/mol. The number of rotatable bonds is 5. The van der Waals surface area contributed by atoms with Crippen LogP contribution >= 0.6 is 0 Å². The second-order valence-corrected chi connectivity index (χ2v) is 7.70. The van der Waals surface area contributed by atoms with Gasteiger partial charge in [0.25, 0.3) is 0 Å². The number of aromatic nitrogens is 4. The van der Waals surface area contributed by atoms with Crippen LogP contribution in [0.5, 0.6) is 0 Å². The van der Waals surface area contributed by atoms with Crippen LogP contribution in [0.15, 0.2) is 42.7 Å². The number of anilines is 4. The molecule has 0 aliphatic carbocycles. The number of benzene rings is 1. The first-order valence-corrected chi connectivity index (χ1v) is 10.2. The highest BCUT2D eigenvalue weighted by molar-refractivity contribution is 6.05. The summed E-state index contributed by atoms with van der Waals surface area (Å²) in [4.78, 5) is 25.5. The highest BCUT2D eigenvalue weighted by Gasteiger charge is 2.34. The van der Waals surface area contributed by atoms with Crippen molar-refractivity contribution in [2.45, 2.75) is 46.3 Å². The average molecular weight is 406 g/mol. The van der Waals surface area contributed by atoms with Gasteiger partial charge in [0.1, 0.15) is 6.04 Å². The third-order valence-corrected chi connectivity index (χ3v) is 5.47. The molecule has 30 heavy (non-hydrogen) atoms. The van der Waals surface area contributed by atoms with E-state index in [4.69, 9.17) is 0 Å². The molecule has 1 N–H and O–H groups in total. The van der Waals surface area contributed by atoms with E-state index >= 15 is 0 Å². The molecule has 0 bridgehead atoms. The molecule has 156 valence electrons. The van der Waals surface area contributed by atoms with Gasteiger partial charge in [-0.2, -0.15) is 5.10 Å². The number of carbonyl (C=O) groups is 1. The molecule has 1 amide bonds. The van der Waals surface area contributed by atoms with E-state index < -0.39 is 0 Å². The fraction of sp³-hybridized carbons (Fsp3) is 0.364. The van der Waals surface area contributed by atoms with Gasteiger partial charge in [0.15, 0.2) is 0 Å². The molecule has 2 aromatic heterocycles. The first kappa shape index (κ1) is 19.9. The van der Waals surface area contributed by atoms with Crippen LogP contribution in [0.1, 0.15) is 27.7 Å². The molecule has 1 aromatic carbocycles. The summed E-state index contributed by atoms with van der Waals surface area (Å²) in [6.45, 7) is 8.97. The number of nitrogens with one attached hydrogen (secondary N) is 1. The van der Waals surface area contributed by atoms with Crippen LogP contribution in [0.4, 0.5) is 23.0 Å². The van der Waals surface area contributed by atoms with Crippen molar-refractivity contribution < 1.29 is 4.79 Å². The van der Waals surface area contributed by atoms with E-state index in [1.54, 1.807) is 17.3 Å². The number of hydrogen-bond acceptors (Lipinski definition) is 6. The predicted octanol–water partition coefficient (Wildman–Crippen LogP) is 3.68. The molecule has 8 nitrogen and oxygen atoms in total. The van der Waals surface area contributed by atoms with Crippen LogP contribution < -0.4 is 15.1 Å². The summed E-state index contributed by atoms with van der Waals surface area (Å²) in [5.41, 5.74) is 4.56. The van der Waals surface area contributed by atoms with Crippen molar-refractivity contribution in [1.82, 2.24) is 19.7 Å². The van der Waals surface area contributed by atoms with Crippen molar-refractivity contribution >= 4 is 28.9 Å². The Labute approximate surface area is 176 Å². The standard InChI is InChI=1S/C22H27N7O/c1-6-28-18(10-12-24-28)17-9-11-23-22(26-17)25-16-7-8-19-20(13-16)29(14(2)3)15(4)21(30)27(19)5/h7-15H,6H2,1-5H3,(H,23,25,26)/t15-/m1/s1. The minimum absolute atomic E-state index is 0.0977. The number of amides is 1. The summed E-state index contributed by atoms with van der Waals surface area (Å²) in [6.07, 6.45) is 3.52. The Morgan fingerprint density at radius 1 is 1.13 bits per heavy atom. The molecule has 3 heterocycles. The van der Waals surface area contributed by atoms with Crippen LogP contribution in [-0.4, -0.2) is 44.8 Å². The minimum Gasteiger partial charge on any atom is -0.356 e. The lowest BCUT2D eigenvalue weighted by Crippen LogP contribution is -2.53. The summed E-state index contributed by atoms with van der Waals surface area (Å²) in [6, 6.07) is 9.78. The van der Waals surface area contributed by atoms with Gasteiger partial charge in [-0.15, -0.1) is 0 Å². The normalized spacial score (nSPS) is 16.2. The molecule has 0 fully saturated rings. The molecular formula is C22H27N7O. The van der Waals surface area contributed by atoms with E-state index in [0.29, 0.717) is 5.95 Å². The van der Waals surface area contributed by atoms with Gasteiger partial charge in [0, 0.05) is 37.7 Å². The zero-order valence-corrected chi connectivity index (χ0v) is 18.0. The molecule has 1 atom stereocenters. The van der Waals surface area contributed by atoms with Crippen molar-refractivity contribution in [2.24, 2.45) is 0 Å². The van der Waals surface area contributed by atoms with Crippen molar-refractivity contribution in [3.63, 3.8) is 0 Å². The van der Waals surface area contributed by atoms with Crippen LogP contribution in [0, 0.1) is 0 Å². The second kappa shape index (κ2) is 7.78. The van der Waals surface area contributed by atoms with Gasteiger partial charge in [0.05, 0.1) is 22.8 Å². The summed E-state index contributed by atoms with van der Waals surface area (Å²) >= 11 is 0. The summed E-state index contributed by atoms with van der Waals surface area (Å²) in [5, 5.41) is 7.63. The zero-order valence-electron chi connectivity index (χ0n) is 18.0. The second-order valence-electron chi connectivity index (χ2n) is 7.70. The SMILES string of the molecule is CCn1nccc1-c1ccnc(Nc2ccc3c(c2)N(C(C)C)[C@H](C)C(=O)N3C)n1. The molecule has 3 aromatic rings. The van der Waals surface area contributed by atoms with E-state index in [1.807, 2.05) is 49.8 Å². The quantitative estimate of drug-likeness (QED) is 0.698. The Bertz CT molecular complexity index is 1070. The number of fused-ring (bicyclic) bond motifs is 1. The molecule has 0 radical (unpaired) electrons. The van der Waals surface area contributed by atoms with Crippen LogP contribution in [0.25, 0.3) is 11.4 Å². The lowest BCUT2D eigenvalue weighted by atomic mass is 10.0. The molecule has 1 aliphatic heterocycles. The highest BCUT2D eigenvalue weighted by Crippen LogP contribution is 2.39. The molecule has 8 heteroatoms. The molecule has 0 spiro atoms. The maximum Gasteiger partial charge on any atom is 0.249 e. The number of likely N-dealkylation sites (N-methyl/N-ethyl adjacent to an activating group) is 1.